The summed E-state index contributed by atoms with van der Waals surface area (Å²) in [5.74, 6) is -0.811. The third-order valence-electron chi connectivity index (χ3n) is 2.45. The number of benzene rings is 1. The van der Waals surface area contributed by atoms with E-state index in [9.17, 15) is 13.2 Å². The van der Waals surface area contributed by atoms with Gasteiger partial charge in [-0.25, -0.2) is 18.4 Å². The van der Waals surface area contributed by atoms with Crippen LogP contribution in [0.5, 0.6) is 0 Å². The minimum absolute atomic E-state index is 0.0114. The molecule has 104 valence electrons. The SMILES string of the molecule is NS(=O)(=O)c1ccc(Cl)c(C(=O)OC2COC2)c1Cl. The maximum absolute atomic E-state index is 11.9. The lowest BCUT2D eigenvalue weighted by Crippen LogP contribution is -2.38. The van der Waals surface area contributed by atoms with E-state index in [0.29, 0.717) is 0 Å². The van der Waals surface area contributed by atoms with Gasteiger partial charge in [0.2, 0.25) is 10.0 Å². The van der Waals surface area contributed by atoms with Crippen LogP contribution in [0.2, 0.25) is 10.0 Å². The Hall–Kier alpha value is -0.860. The van der Waals surface area contributed by atoms with Gasteiger partial charge in [0.25, 0.3) is 0 Å². The van der Waals surface area contributed by atoms with Gasteiger partial charge >= 0.3 is 5.97 Å². The second-order valence-electron chi connectivity index (χ2n) is 3.84. The highest BCUT2D eigenvalue weighted by atomic mass is 35.5. The molecule has 0 aromatic heterocycles. The molecular weight excluding hydrogens is 317 g/mol. The summed E-state index contributed by atoms with van der Waals surface area (Å²) in [6.07, 6.45) is -0.377. The lowest BCUT2D eigenvalue weighted by Gasteiger charge is -2.26. The molecule has 0 saturated carbocycles. The molecule has 0 spiro atoms. The minimum Gasteiger partial charge on any atom is -0.454 e. The Morgan fingerprint density at radius 1 is 1.37 bits per heavy atom. The summed E-state index contributed by atoms with van der Waals surface area (Å²) in [6.45, 7) is 0.575. The largest absolute Gasteiger partial charge is 0.454 e. The van der Waals surface area contributed by atoms with Crippen LogP contribution in [0, 0.1) is 0 Å². The van der Waals surface area contributed by atoms with E-state index < -0.39 is 16.0 Å². The van der Waals surface area contributed by atoms with Crippen molar-refractivity contribution in [1.29, 1.82) is 0 Å². The van der Waals surface area contributed by atoms with Gasteiger partial charge in [0.05, 0.1) is 28.8 Å². The molecule has 19 heavy (non-hydrogen) atoms. The van der Waals surface area contributed by atoms with Gasteiger partial charge in [0, 0.05) is 0 Å². The fraction of sp³-hybridized carbons (Fsp3) is 0.300. The number of primary sulfonamides is 1. The van der Waals surface area contributed by atoms with Crippen LogP contribution in [0.25, 0.3) is 0 Å². The van der Waals surface area contributed by atoms with Crippen LogP contribution in [0.4, 0.5) is 0 Å². The fourth-order valence-electron chi connectivity index (χ4n) is 1.43. The standard InChI is InChI=1S/C10H9Cl2NO5S/c11-6-1-2-7(19(13,15)16)9(12)8(6)10(14)18-5-3-17-4-5/h1-2,5H,3-4H2,(H2,13,15,16). The zero-order valence-electron chi connectivity index (χ0n) is 9.43. The van der Waals surface area contributed by atoms with Gasteiger partial charge in [-0.1, -0.05) is 23.2 Å². The van der Waals surface area contributed by atoms with E-state index >= 15 is 0 Å². The number of hydrogen-bond acceptors (Lipinski definition) is 5. The van der Waals surface area contributed by atoms with Crippen LogP contribution in [0.3, 0.4) is 0 Å². The average molecular weight is 326 g/mol. The van der Waals surface area contributed by atoms with Crippen molar-refractivity contribution in [3.05, 3.63) is 27.7 Å². The molecule has 0 bridgehead atoms. The molecule has 1 aliphatic rings. The molecule has 0 unspecified atom stereocenters. The van der Waals surface area contributed by atoms with Crippen molar-refractivity contribution in [2.75, 3.05) is 13.2 Å². The van der Waals surface area contributed by atoms with E-state index in [-0.39, 0.29) is 39.8 Å². The highest BCUT2D eigenvalue weighted by Gasteiger charge is 2.28. The van der Waals surface area contributed by atoms with Crippen molar-refractivity contribution < 1.29 is 22.7 Å². The summed E-state index contributed by atoms with van der Waals surface area (Å²) in [5.41, 5.74) is -0.221. The third-order valence-corrected chi connectivity index (χ3v) is 4.22. The topological polar surface area (TPSA) is 95.7 Å². The molecule has 2 rings (SSSR count). The first-order valence-electron chi connectivity index (χ1n) is 5.10. The maximum Gasteiger partial charge on any atom is 0.341 e. The van der Waals surface area contributed by atoms with Crippen LogP contribution < -0.4 is 5.14 Å². The van der Waals surface area contributed by atoms with Crippen molar-refractivity contribution in [2.45, 2.75) is 11.0 Å². The number of ether oxygens (including phenoxy) is 2. The number of nitrogens with two attached hydrogens (primary N) is 1. The Bertz CT molecular complexity index is 627. The summed E-state index contributed by atoms with van der Waals surface area (Å²) < 4.78 is 32.5. The fourth-order valence-corrected chi connectivity index (χ4v) is 2.89. The van der Waals surface area contributed by atoms with Gasteiger partial charge in [-0.2, -0.15) is 0 Å². The number of carbonyl (C=O) groups excluding carboxylic acids is 1. The molecule has 2 N–H and O–H groups in total. The lowest BCUT2D eigenvalue weighted by molar-refractivity contribution is -0.103. The molecule has 1 fully saturated rings. The second-order valence-corrected chi connectivity index (χ2v) is 6.16. The zero-order chi connectivity index (χ0) is 14.2. The molecule has 0 amide bonds. The van der Waals surface area contributed by atoms with Crippen molar-refractivity contribution in [1.82, 2.24) is 0 Å². The second kappa shape index (κ2) is 5.26. The van der Waals surface area contributed by atoms with Crippen LogP contribution in [0.1, 0.15) is 10.4 Å². The minimum atomic E-state index is -4.05. The summed E-state index contributed by atoms with van der Waals surface area (Å²) in [5, 5.41) is 4.63. The molecular formula is C10H9Cl2NO5S. The molecule has 0 aliphatic carbocycles. The highest BCUT2D eigenvalue weighted by Crippen LogP contribution is 2.31. The van der Waals surface area contributed by atoms with Gasteiger partial charge in [-0.15, -0.1) is 0 Å². The average Bonchev–Trinajstić information content (AvgIpc) is 2.21. The van der Waals surface area contributed by atoms with Crippen molar-refractivity contribution >= 4 is 39.2 Å². The highest BCUT2D eigenvalue weighted by molar-refractivity contribution is 7.89. The first-order valence-corrected chi connectivity index (χ1v) is 7.40. The smallest absolute Gasteiger partial charge is 0.341 e. The Labute approximate surface area is 119 Å². The van der Waals surface area contributed by atoms with E-state index in [4.69, 9.17) is 37.8 Å². The molecule has 1 aliphatic heterocycles. The Morgan fingerprint density at radius 2 is 2.00 bits per heavy atom. The van der Waals surface area contributed by atoms with Gasteiger partial charge in [-0.3, -0.25) is 0 Å². The van der Waals surface area contributed by atoms with Gasteiger partial charge in [0.15, 0.2) is 0 Å². The van der Waals surface area contributed by atoms with Gasteiger partial charge in [0.1, 0.15) is 11.0 Å². The molecule has 1 aromatic rings. The van der Waals surface area contributed by atoms with Gasteiger partial charge < -0.3 is 9.47 Å². The number of hydrogen-bond donors (Lipinski definition) is 1. The van der Waals surface area contributed by atoms with E-state index in [0.717, 1.165) is 6.07 Å². The van der Waals surface area contributed by atoms with Crippen LogP contribution >= 0.6 is 23.2 Å². The Balaban J connectivity index is 2.41. The summed E-state index contributed by atoms with van der Waals surface area (Å²) in [4.78, 5) is 11.5. The molecule has 1 saturated heterocycles. The number of rotatable bonds is 3. The van der Waals surface area contributed by atoms with Crippen molar-refractivity contribution in [3.63, 3.8) is 0 Å². The molecule has 6 nitrogen and oxygen atoms in total. The summed E-state index contributed by atoms with van der Waals surface area (Å²) in [7, 11) is -4.05. The summed E-state index contributed by atoms with van der Waals surface area (Å²) in [6, 6.07) is 2.35. The van der Waals surface area contributed by atoms with Crippen LogP contribution in [-0.2, 0) is 19.5 Å². The van der Waals surface area contributed by atoms with E-state index in [2.05, 4.69) is 0 Å². The lowest BCUT2D eigenvalue weighted by atomic mass is 10.2. The molecule has 9 heteroatoms. The zero-order valence-corrected chi connectivity index (χ0v) is 11.8. The predicted octanol–water partition coefficient (Wildman–Crippen LogP) is 1.20. The molecule has 0 atom stereocenters. The van der Waals surface area contributed by atoms with Crippen LogP contribution in [0.15, 0.2) is 17.0 Å². The summed E-state index contributed by atoms with van der Waals surface area (Å²) >= 11 is 11.7. The van der Waals surface area contributed by atoms with E-state index in [1.807, 2.05) is 0 Å². The van der Waals surface area contributed by atoms with Crippen LogP contribution in [-0.4, -0.2) is 33.7 Å². The van der Waals surface area contributed by atoms with Crippen molar-refractivity contribution in [3.8, 4) is 0 Å². The molecule has 0 radical (unpaired) electrons. The normalized spacial score (nSPS) is 15.9. The van der Waals surface area contributed by atoms with E-state index in [1.165, 1.54) is 6.07 Å². The first-order chi connectivity index (χ1) is 8.80. The number of sulfonamides is 1. The maximum atomic E-state index is 11.9. The van der Waals surface area contributed by atoms with Gasteiger partial charge in [-0.05, 0) is 12.1 Å². The monoisotopic (exact) mass is 325 g/mol. The Morgan fingerprint density at radius 3 is 2.47 bits per heavy atom. The van der Waals surface area contributed by atoms with E-state index in [1.54, 1.807) is 0 Å². The Kier molecular flexibility index (Phi) is 4.03. The predicted molar refractivity (Wildman–Crippen MR) is 67.9 cm³/mol. The number of esters is 1. The molecule has 1 aromatic carbocycles. The molecule has 1 heterocycles. The first kappa shape index (κ1) is 14.5. The third kappa shape index (κ3) is 3.01. The number of halogens is 2. The number of carbonyl (C=O) groups is 1. The quantitative estimate of drug-likeness (QED) is 0.842. The van der Waals surface area contributed by atoms with Crippen molar-refractivity contribution in [2.24, 2.45) is 5.14 Å².